The Hall–Kier alpha value is -2.58. The van der Waals surface area contributed by atoms with Crippen molar-refractivity contribution in [2.75, 3.05) is 31.1 Å². The van der Waals surface area contributed by atoms with Gasteiger partial charge in [0.25, 0.3) is 0 Å². The van der Waals surface area contributed by atoms with Crippen LogP contribution >= 0.6 is 0 Å². The second-order valence-electron chi connectivity index (χ2n) is 7.61. The standard InChI is InChI=1S/C22H31N5O2S/c1-3-24-22(25-14-12-18-6-10-21(11-7-18)30(23,28)29)26-19-13-15-27(16-19)20-8-4-17(2)5-9-20/h4-11,19H,3,12-16H2,1-2H3,(H2,23,28,29)(H2,24,25,26). The van der Waals surface area contributed by atoms with E-state index >= 15 is 0 Å². The Kier molecular flexibility index (Phi) is 7.33. The first kappa shape index (κ1) is 22.1. The number of hydrogen-bond acceptors (Lipinski definition) is 4. The van der Waals surface area contributed by atoms with Gasteiger partial charge in [-0.3, -0.25) is 4.99 Å². The molecule has 0 aromatic heterocycles. The summed E-state index contributed by atoms with van der Waals surface area (Å²) in [5.74, 6) is 0.814. The Morgan fingerprint density at radius 2 is 1.87 bits per heavy atom. The molecule has 3 rings (SSSR count). The van der Waals surface area contributed by atoms with Gasteiger partial charge in [0, 0.05) is 37.9 Å². The molecule has 0 bridgehead atoms. The number of hydrogen-bond donors (Lipinski definition) is 3. The van der Waals surface area contributed by atoms with Crippen molar-refractivity contribution >= 4 is 21.7 Å². The minimum atomic E-state index is -3.65. The highest BCUT2D eigenvalue weighted by Gasteiger charge is 2.23. The van der Waals surface area contributed by atoms with E-state index in [0.29, 0.717) is 12.6 Å². The number of nitrogens with one attached hydrogen (secondary N) is 2. The Morgan fingerprint density at radius 3 is 2.50 bits per heavy atom. The van der Waals surface area contributed by atoms with E-state index in [1.165, 1.54) is 23.4 Å². The maximum absolute atomic E-state index is 11.3. The molecule has 30 heavy (non-hydrogen) atoms. The molecule has 7 nitrogen and oxygen atoms in total. The molecule has 1 aliphatic rings. The minimum Gasteiger partial charge on any atom is -0.369 e. The average molecular weight is 430 g/mol. The molecule has 1 atom stereocenters. The first-order valence-corrected chi connectivity index (χ1v) is 11.9. The highest BCUT2D eigenvalue weighted by molar-refractivity contribution is 7.89. The highest BCUT2D eigenvalue weighted by Crippen LogP contribution is 2.20. The van der Waals surface area contributed by atoms with Crippen LogP contribution in [0.4, 0.5) is 5.69 Å². The fourth-order valence-electron chi connectivity index (χ4n) is 3.52. The molecule has 2 aromatic carbocycles. The van der Waals surface area contributed by atoms with Crippen LogP contribution in [0.2, 0.25) is 0 Å². The number of nitrogens with two attached hydrogens (primary N) is 1. The zero-order valence-electron chi connectivity index (χ0n) is 17.6. The lowest BCUT2D eigenvalue weighted by molar-refractivity contribution is 0.598. The summed E-state index contributed by atoms with van der Waals surface area (Å²) in [6.07, 6.45) is 1.79. The lowest BCUT2D eigenvalue weighted by Gasteiger charge is -2.20. The number of aryl methyl sites for hydroxylation is 1. The lowest BCUT2D eigenvalue weighted by atomic mass is 10.1. The first-order valence-electron chi connectivity index (χ1n) is 10.3. The second-order valence-corrected chi connectivity index (χ2v) is 9.17. The number of benzene rings is 2. The van der Waals surface area contributed by atoms with Crippen LogP contribution in [-0.2, 0) is 16.4 Å². The molecule has 0 spiro atoms. The van der Waals surface area contributed by atoms with Gasteiger partial charge in [-0.25, -0.2) is 13.6 Å². The zero-order valence-corrected chi connectivity index (χ0v) is 18.5. The molecule has 162 valence electrons. The average Bonchev–Trinajstić information content (AvgIpc) is 3.17. The maximum Gasteiger partial charge on any atom is 0.238 e. The normalized spacial score (nSPS) is 17.2. The molecule has 4 N–H and O–H groups in total. The summed E-state index contributed by atoms with van der Waals surface area (Å²) in [6, 6.07) is 15.6. The first-order chi connectivity index (χ1) is 14.3. The Balaban J connectivity index is 1.54. The van der Waals surface area contributed by atoms with Crippen LogP contribution in [0.5, 0.6) is 0 Å². The number of primary sulfonamides is 1. The summed E-state index contributed by atoms with van der Waals surface area (Å²) in [5.41, 5.74) is 3.55. The molecule has 0 aliphatic carbocycles. The molecule has 1 fully saturated rings. The van der Waals surface area contributed by atoms with Gasteiger partial charge in [-0.2, -0.15) is 0 Å². The number of guanidine groups is 1. The predicted molar refractivity (Wildman–Crippen MR) is 122 cm³/mol. The SMILES string of the molecule is CCNC(=NCCc1ccc(S(N)(=O)=O)cc1)NC1CCN(c2ccc(C)cc2)C1. The summed E-state index contributed by atoms with van der Waals surface area (Å²) >= 11 is 0. The molecule has 1 saturated heterocycles. The molecule has 2 aromatic rings. The van der Waals surface area contributed by atoms with Crippen molar-refractivity contribution in [3.8, 4) is 0 Å². The Morgan fingerprint density at radius 1 is 1.17 bits per heavy atom. The van der Waals surface area contributed by atoms with Crippen LogP contribution < -0.4 is 20.7 Å². The number of anilines is 1. The van der Waals surface area contributed by atoms with Crippen LogP contribution in [0.25, 0.3) is 0 Å². The highest BCUT2D eigenvalue weighted by atomic mass is 32.2. The number of sulfonamides is 1. The van der Waals surface area contributed by atoms with Gasteiger partial charge in [-0.1, -0.05) is 29.8 Å². The van der Waals surface area contributed by atoms with Crippen LogP contribution in [0.15, 0.2) is 58.4 Å². The van der Waals surface area contributed by atoms with Crippen LogP contribution in [0, 0.1) is 6.92 Å². The third kappa shape index (κ3) is 6.21. The predicted octanol–water partition coefficient (Wildman–Crippen LogP) is 2.02. The van der Waals surface area contributed by atoms with E-state index in [-0.39, 0.29) is 4.90 Å². The Bertz CT molecular complexity index is 956. The maximum atomic E-state index is 11.3. The number of nitrogens with zero attached hydrogens (tertiary/aromatic N) is 2. The van der Waals surface area contributed by atoms with Crippen molar-refractivity contribution < 1.29 is 8.42 Å². The van der Waals surface area contributed by atoms with Crippen molar-refractivity contribution in [3.63, 3.8) is 0 Å². The van der Waals surface area contributed by atoms with Crippen molar-refractivity contribution in [1.82, 2.24) is 10.6 Å². The van der Waals surface area contributed by atoms with Crippen molar-refractivity contribution in [2.45, 2.75) is 37.6 Å². The van der Waals surface area contributed by atoms with E-state index in [2.05, 4.69) is 58.6 Å². The van der Waals surface area contributed by atoms with Gasteiger partial charge >= 0.3 is 0 Å². The van der Waals surface area contributed by atoms with Gasteiger partial charge in [0.2, 0.25) is 10.0 Å². The monoisotopic (exact) mass is 429 g/mol. The minimum absolute atomic E-state index is 0.129. The van der Waals surface area contributed by atoms with E-state index < -0.39 is 10.0 Å². The summed E-state index contributed by atoms with van der Waals surface area (Å²) < 4.78 is 22.7. The smallest absolute Gasteiger partial charge is 0.238 e. The number of aliphatic imine (C=N–C) groups is 1. The van der Waals surface area contributed by atoms with Gasteiger partial charge in [-0.05, 0) is 56.5 Å². The van der Waals surface area contributed by atoms with Crippen LogP contribution in [0.3, 0.4) is 0 Å². The molecule has 0 radical (unpaired) electrons. The van der Waals surface area contributed by atoms with Crippen LogP contribution in [-0.4, -0.2) is 46.6 Å². The van der Waals surface area contributed by atoms with Crippen molar-refractivity contribution in [2.24, 2.45) is 10.1 Å². The quantitative estimate of drug-likeness (QED) is 0.462. The zero-order chi connectivity index (χ0) is 21.6. The second kappa shape index (κ2) is 9.95. The van der Waals surface area contributed by atoms with E-state index in [1.54, 1.807) is 12.1 Å². The number of rotatable bonds is 7. The molecule has 1 heterocycles. The van der Waals surface area contributed by atoms with Crippen molar-refractivity contribution in [3.05, 3.63) is 59.7 Å². The summed E-state index contributed by atoms with van der Waals surface area (Å²) in [6.45, 7) is 7.53. The third-order valence-corrected chi connectivity index (χ3v) is 6.12. The molecule has 1 unspecified atom stereocenters. The van der Waals surface area contributed by atoms with E-state index in [0.717, 1.165) is 44.0 Å². The van der Waals surface area contributed by atoms with E-state index in [4.69, 9.17) is 5.14 Å². The summed E-state index contributed by atoms with van der Waals surface area (Å²) in [7, 11) is -3.65. The molecular formula is C22H31N5O2S. The van der Waals surface area contributed by atoms with Gasteiger partial charge < -0.3 is 15.5 Å². The van der Waals surface area contributed by atoms with Crippen LogP contribution in [0.1, 0.15) is 24.5 Å². The van der Waals surface area contributed by atoms with Gasteiger partial charge in [0.05, 0.1) is 4.90 Å². The lowest BCUT2D eigenvalue weighted by Crippen LogP contribution is -2.44. The van der Waals surface area contributed by atoms with E-state index in [9.17, 15) is 8.42 Å². The molecular weight excluding hydrogens is 398 g/mol. The summed E-state index contributed by atoms with van der Waals surface area (Å²) in [5, 5.41) is 12.0. The largest absolute Gasteiger partial charge is 0.369 e. The fraction of sp³-hybridized carbons (Fsp3) is 0.409. The van der Waals surface area contributed by atoms with Crippen molar-refractivity contribution in [1.29, 1.82) is 0 Å². The molecule has 1 aliphatic heterocycles. The van der Waals surface area contributed by atoms with Gasteiger partial charge in [0.1, 0.15) is 0 Å². The van der Waals surface area contributed by atoms with Gasteiger partial charge in [0.15, 0.2) is 5.96 Å². The summed E-state index contributed by atoms with van der Waals surface area (Å²) in [4.78, 5) is 7.21. The Labute approximate surface area is 179 Å². The third-order valence-electron chi connectivity index (χ3n) is 5.19. The molecule has 0 saturated carbocycles. The molecule has 0 amide bonds. The topological polar surface area (TPSA) is 99.8 Å². The molecule has 8 heteroatoms. The van der Waals surface area contributed by atoms with E-state index in [1.807, 2.05) is 0 Å². The fourth-order valence-corrected chi connectivity index (χ4v) is 4.04. The van der Waals surface area contributed by atoms with Gasteiger partial charge in [-0.15, -0.1) is 0 Å².